The van der Waals surface area contributed by atoms with E-state index >= 15 is 0 Å². The number of ether oxygens (including phenoxy) is 4. The van der Waals surface area contributed by atoms with Crippen LogP contribution in [0.15, 0.2) is 109 Å². The number of aryl methyl sites for hydroxylation is 4. The fourth-order valence-corrected chi connectivity index (χ4v) is 9.39. The van der Waals surface area contributed by atoms with E-state index in [1.165, 1.54) is 0 Å². The first-order valence-corrected chi connectivity index (χ1v) is 21.8. The molecule has 0 N–H and O–H groups in total. The van der Waals surface area contributed by atoms with Gasteiger partial charge in [-0.15, -0.1) is 0 Å². The van der Waals surface area contributed by atoms with Gasteiger partial charge in [0, 0.05) is 48.7 Å². The van der Waals surface area contributed by atoms with Crippen molar-refractivity contribution in [3.05, 3.63) is 154 Å². The summed E-state index contributed by atoms with van der Waals surface area (Å²) in [5.74, 6) is 1.32. The Morgan fingerprint density at radius 1 is 0.350 bits per heavy atom. The molecule has 60 heavy (non-hydrogen) atoms. The molecule has 4 aromatic carbocycles. The molecule has 7 rings (SSSR count). The smallest absolute Gasteiger partial charge is 0.150 e. The second kappa shape index (κ2) is 24.4. The van der Waals surface area contributed by atoms with Crippen molar-refractivity contribution in [1.82, 2.24) is 0 Å². The van der Waals surface area contributed by atoms with E-state index in [0.29, 0.717) is 52.9 Å². The molecule has 3 aliphatic carbocycles. The maximum absolute atomic E-state index is 11.6. The van der Waals surface area contributed by atoms with E-state index in [9.17, 15) is 19.2 Å². The van der Waals surface area contributed by atoms with E-state index in [1.807, 2.05) is 97.1 Å². The SMILES string of the molecule is O=Cc1ccccc1CCCOC[C@@H]1C2C=CC([C@@H](COCCCc3ccccc3C=O)[C@H]2COCCCc2ccccc2C=O)[C@@H]1COCCCc1ccccc1C=O. The van der Waals surface area contributed by atoms with Crippen LogP contribution in [-0.4, -0.2) is 78.0 Å². The topological polar surface area (TPSA) is 105 Å². The molecule has 2 unspecified atom stereocenters. The number of allylic oxidation sites excluding steroid dienone is 2. The lowest BCUT2D eigenvalue weighted by atomic mass is 9.53. The molecule has 8 nitrogen and oxygen atoms in total. The van der Waals surface area contributed by atoms with Crippen LogP contribution in [0.25, 0.3) is 0 Å². The predicted octanol–water partition coefficient (Wildman–Crippen LogP) is 9.11. The monoisotopic (exact) mass is 812 g/mol. The van der Waals surface area contributed by atoms with Crippen LogP contribution in [0, 0.1) is 35.5 Å². The number of rotatable bonds is 28. The van der Waals surface area contributed by atoms with Crippen molar-refractivity contribution in [2.45, 2.75) is 51.4 Å². The summed E-state index contributed by atoms with van der Waals surface area (Å²) >= 11 is 0. The predicted molar refractivity (Wildman–Crippen MR) is 234 cm³/mol. The van der Waals surface area contributed by atoms with Crippen molar-refractivity contribution >= 4 is 25.1 Å². The molecular weight excluding hydrogens is 753 g/mol. The van der Waals surface area contributed by atoms with Crippen LogP contribution in [0.4, 0.5) is 0 Å². The zero-order valence-corrected chi connectivity index (χ0v) is 34.7. The molecule has 0 saturated heterocycles. The number of carbonyl (C=O) groups is 4. The van der Waals surface area contributed by atoms with Gasteiger partial charge in [0.1, 0.15) is 25.1 Å². The fourth-order valence-electron chi connectivity index (χ4n) is 9.39. The molecular formula is C52H60O8. The van der Waals surface area contributed by atoms with Gasteiger partial charge in [0.05, 0.1) is 26.4 Å². The van der Waals surface area contributed by atoms with Gasteiger partial charge in [0.15, 0.2) is 0 Å². The summed E-state index contributed by atoms with van der Waals surface area (Å²) < 4.78 is 26.0. The van der Waals surface area contributed by atoms with Gasteiger partial charge in [-0.05, 0) is 109 Å². The first-order valence-electron chi connectivity index (χ1n) is 21.8. The summed E-state index contributed by atoms with van der Waals surface area (Å²) in [6.45, 7) is 4.79. The number of carbonyl (C=O) groups excluding carboxylic acids is 4. The Kier molecular flexibility index (Phi) is 18.2. The van der Waals surface area contributed by atoms with Crippen molar-refractivity contribution in [2.24, 2.45) is 35.5 Å². The first-order chi connectivity index (χ1) is 29.6. The molecule has 2 bridgehead atoms. The summed E-state index contributed by atoms with van der Waals surface area (Å²) in [6, 6.07) is 30.9. The van der Waals surface area contributed by atoms with Crippen LogP contribution < -0.4 is 0 Å². The minimum absolute atomic E-state index is 0.211. The van der Waals surface area contributed by atoms with Crippen LogP contribution in [0.5, 0.6) is 0 Å². The average molecular weight is 813 g/mol. The lowest BCUT2D eigenvalue weighted by Gasteiger charge is -2.53. The number of fused-ring (bicyclic) bond motifs is 2. The Bertz CT molecular complexity index is 1710. The zero-order valence-electron chi connectivity index (χ0n) is 34.7. The molecule has 316 valence electrons. The summed E-state index contributed by atoms with van der Waals surface area (Å²) in [6.07, 6.45) is 14.8. The van der Waals surface area contributed by atoms with Crippen molar-refractivity contribution in [2.75, 3.05) is 52.9 Å². The summed E-state index contributed by atoms with van der Waals surface area (Å²) in [5.41, 5.74) is 7.09. The number of hydrogen-bond donors (Lipinski definition) is 0. The Morgan fingerprint density at radius 3 is 0.817 bits per heavy atom. The maximum Gasteiger partial charge on any atom is 0.150 e. The van der Waals surface area contributed by atoms with Gasteiger partial charge in [-0.25, -0.2) is 0 Å². The van der Waals surface area contributed by atoms with Gasteiger partial charge < -0.3 is 18.9 Å². The Hall–Kier alpha value is -4.86. The first kappa shape index (κ1) is 44.7. The molecule has 0 spiro atoms. The van der Waals surface area contributed by atoms with Crippen LogP contribution in [0.1, 0.15) is 89.4 Å². The van der Waals surface area contributed by atoms with Gasteiger partial charge in [-0.3, -0.25) is 19.2 Å². The lowest BCUT2D eigenvalue weighted by Crippen LogP contribution is -2.53. The van der Waals surface area contributed by atoms with E-state index in [4.69, 9.17) is 18.9 Å². The second-order valence-electron chi connectivity index (χ2n) is 16.2. The third kappa shape index (κ3) is 12.4. The highest BCUT2D eigenvalue weighted by Crippen LogP contribution is 2.52. The largest absolute Gasteiger partial charge is 0.381 e. The normalized spacial score (nSPS) is 20.5. The van der Waals surface area contributed by atoms with Crippen LogP contribution >= 0.6 is 0 Å². The fraction of sp³-hybridized carbons (Fsp3) is 0.423. The van der Waals surface area contributed by atoms with Crippen LogP contribution in [-0.2, 0) is 44.6 Å². The molecule has 8 heteroatoms. The molecule has 6 atom stereocenters. The molecule has 4 aromatic rings. The molecule has 1 saturated carbocycles. The lowest BCUT2D eigenvalue weighted by molar-refractivity contribution is -0.108. The molecule has 0 radical (unpaired) electrons. The standard InChI is InChI=1S/C52H60O8/c53-31-43-17-5-1-13-39(43)21-9-27-57-35-49-47-25-26-48(50(49)36-58-28-10-22-40-14-2-6-18-44(40)32-54)52(38-60-30-12-24-42-16-4-8-20-46(42)34-56)51(47)37-59-29-11-23-41-15-3-7-19-45(41)33-55/h1-8,13-20,25-26,31-34,47-52H,9-12,21-24,27-30,35-38H2/t47?,48?,49-,50+,51+,52-. The molecule has 0 heterocycles. The highest BCUT2D eigenvalue weighted by atomic mass is 16.5. The zero-order chi connectivity index (χ0) is 41.8. The Morgan fingerprint density at radius 2 is 0.583 bits per heavy atom. The molecule has 0 aromatic heterocycles. The van der Waals surface area contributed by atoms with Gasteiger partial charge >= 0.3 is 0 Å². The molecule has 0 amide bonds. The highest BCUT2D eigenvalue weighted by molar-refractivity contribution is 5.78. The number of aldehydes is 4. The summed E-state index contributed by atoms with van der Waals surface area (Å²) in [4.78, 5) is 46.4. The van der Waals surface area contributed by atoms with E-state index in [-0.39, 0.29) is 35.5 Å². The molecule has 0 aliphatic heterocycles. The maximum atomic E-state index is 11.6. The Balaban J connectivity index is 1.11. The third-order valence-corrected chi connectivity index (χ3v) is 12.5. The Labute approximate surface area is 355 Å². The third-order valence-electron chi connectivity index (χ3n) is 12.5. The summed E-state index contributed by atoms with van der Waals surface area (Å²) in [5, 5.41) is 0. The van der Waals surface area contributed by atoms with Gasteiger partial charge in [-0.2, -0.15) is 0 Å². The molecule has 3 aliphatic rings. The quantitative estimate of drug-likeness (QED) is 0.0318. The summed E-state index contributed by atoms with van der Waals surface area (Å²) in [7, 11) is 0. The number of benzene rings is 4. The van der Waals surface area contributed by atoms with E-state index in [0.717, 1.165) is 121 Å². The van der Waals surface area contributed by atoms with E-state index in [1.54, 1.807) is 0 Å². The highest BCUT2D eigenvalue weighted by Gasteiger charge is 2.51. The van der Waals surface area contributed by atoms with Gasteiger partial charge in [0.25, 0.3) is 0 Å². The average Bonchev–Trinajstić information content (AvgIpc) is 3.29. The minimum Gasteiger partial charge on any atom is -0.381 e. The van der Waals surface area contributed by atoms with Gasteiger partial charge in [-0.1, -0.05) is 109 Å². The number of hydrogen-bond acceptors (Lipinski definition) is 8. The van der Waals surface area contributed by atoms with E-state index < -0.39 is 0 Å². The van der Waals surface area contributed by atoms with Crippen molar-refractivity contribution in [3.63, 3.8) is 0 Å². The second-order valence-corrected chi connectivity index (χ2v) is 16.2. The van der Waals surface area contributed by atoms with Crippen molar-refractivity contribution < 1.29 is 38.1 Å². The van der Waals surface area contributed by atoms with E-state index in [2.05, 4.69) is 12.2 Å². The van der Waals surface area contributed by atoms with Crippen LogP contribution in [0.3, 0.4) is 0 Å². The van der Waals surface area contributed by atoms with Crippen molar-refractivity contribution in [1.29, 1.82) is 0 Å². The van der Waals surface area contributed by atoms with Gasteiger partial charge in [0.2, 0.25) is 0 Å². The minimum atomic E-state index is 0.211. The van der Waals surface area contributed by atoms with Crippen LogP contribution in [0.2, 0.25) is 0 Å². The molecule has 1 fully saturated rings. The van der Waals surface area contributed by atoms with Crippen molar-refractivity contribution in [3.8, 4) is 0 Å².